The lowest BCUT2D eigenvalue weighted by Gasteiger charge is -2.16. The molecule has 1 heterocycles. The van der Waals surface area contributed by atoms with Gasteiger partial charge in [-0.15, -0.1) is 0 Å². The number of rotatable bonds is 6. The minimum absolute atomic E-state index is 0.0559. The zero-order chi connectivity index (χ0) is 19.6. The standard InChI is InChI=1S/C19H17N3O5/c1-12(13-5-3-2-4-6-13)10-20-17(23)11-21-18(24)15-8-7-14(22(26)27)9-16(15)19(21)25/h2-9,12H,10-11H2,1H3,(H,20,23)/t12-/m0/s1. The Morgan fingerprint density at radius 1 is 1.11 bits per heavy atom. The number of carbonyl (C=O) groups is 3. The predicted molar refractivity (Wildman–Crippen MR) is 96.3 cm³/mol. The van der Waals surface area contributed by atoms with Crippen LogP contribution in [0.15, 0.2) is 48.5 Å². The van der Waals surface area contributed by atoms with E-state index in [1.807, 2.05) is 37.3 Å². The molecule has 0 saturated heterocycles. The number of imide groups is 1. The highest BCUT2D eigenvalue weighted by Gasteiger charge is 2.37. The second kappa shape index (κ2) is 7.36. The Morgan fingerprint density at radius 3 is 2.44 bits per heavy atom. The highest BCUT2D eigenvalue weighted by atomic mass is 16.6. The van der Waals surface area contributed by atoms with Crippen LogP contribution < -0.4 is 5.32 Å². The number of non-ortho nitro benzene ring substituents is 1. The Bertz CT molecular complexity index is 926. The Kier molecular flexibility index (Phi) is 4.98. The van der Waals surface area contributed by atoms with E-state index in [0.717, 1.165) is 22.6 Å². The van der Waals surface area contributed by atoms with Gasteiger partial charge in [0.2, 0.25) is 5.91 Å². The minimum atomic E-state index is -0.704. The Balaban J connectivity index is 1.64. The summed E-state index contributed by atoms with van der Waals surface area (Å²) in [6, 6.07) is 13.1. The minimum Gasteiger partial charge on any atom is -0.354 e. The van der Waals surface area contributed by atoms with Crippen molar-refractivity contribution in [1.82, 2.24) is 10.2 Å². The molecule has 138 valence electrons. The molecule has 0 saturated carbocycles. The summed E-state index contributed by atoms with van der Waals surface area (Å²) in [5.41, 5.74) is 0.791. The third-order valence-corrected chi connectivity index (χ3v) is 4.44. The number of benzene rings is 2. The van der Waals surface area contributed by atoms with Crippen LogP contribution in [0.3, 0.4) is 0 Å². The van der Waals surface area contributed by atoms with Crippen LogP contribution in [0.2, 0.25) is 0 Å². The number of nitro benzene ring substituents is 1. The summed E-state index contributed by atoms with van der Waals surface area (Å²) < 4.78 is 0. The van der Waals surface area contributed by atoms with Gasteiger partial charge < -0.3 is 5.32 Å². The first-order valence-electron chi connectivity index (χ1n) is 8.34. The van der Waals surface area contributed by atoms with Crippen LogP contribution in [-0.2, 0) is 4.79 Å². The molecule has 1 atom stereocenters. The maximum atomic E-state index is 12.4. The number of fused-ring (bicyclic) bond motifs is 1. The van der Waals surface area contributed by atoms with Crippen molar-refractivity contribution in [2.24, 2.45) is 0 Å². The van der Waals surface area contributed by atoms with Crippen molar-refractivity contribution in [2.75, 3.05) is 13.1 Å². The average Bonchev–Trinajstić information content (AvgIpc) is 2.91. The topological polar surface area (TPSA) is 110 Å². The molecule has 8 nitrogen and oxygen atoms in total. The molecule has 2 aromatic carbocycles. The summed E-state index contributed by atoms with van der Waals surface area (Å²) >= 11 is 0. The zero-order valence-corrected chi connectivity index (χ0v) is 14.5. The van der Waals surface area contributed by atoms with Crippen molar-refractivity contribution in [3.8, 4) is 0 Å². The van der Waals surface area contributed by atoms with Gasteiger partial charge in [-0.3, -0.25) is 29.4 Å². The number of nitrogens with one attached hydrogen (secondary N) is 1. The van der Waals surface area contributed by atoms with Crippen LogP contribution in [0, 0.1) is 10.1 Å². The maximum absolute atomic E-state index is 12.4. The third-order valence-electron chi connectivity index (χ3n) is 4.44. The first-order chi connectivity index (χ1) is 12.9. The average molecular weight is 367 g/mol. The van der Waals surface area contributed by atoms with Gasteiger partial charge in [0, 0.05) is 18.7 Å². The number of carbonyl (C=O) groups excluding carboxylic acids is 3. The molecule has 2 aromatic rings. The Labute approximate surface area is 154 Å². The number of amides is 3. The molecule has 0 aromatic heterocycles. The van der Waals surface area contributed by atoms with E-state index in [0.29, 0.717) is 6.54 Å². The molecule has 1 N–H and O–H groups in total. The molecule has 0 fully saturated rings. The highest BCUT2D eigenvalue weighted by molar-refractivity contribution is 6.22. The van der Waals surface area contributed by atoms with Crippen LogP contribution in [0.5, 0.6) is 0 Å². The van der Waals surface area contributed by atoms with E-state index in [-0.39, 0.29) is 22.7 Å². The molecule has 0 unspecified atom stereocenters. The summed E-state index contributed by atoms with van der Waals surface area (Å²) in [6.45, 7) is 1.88. The molecule has 0 bridgehead atoms. The molecule has 3 amide bonds. The molecule has 0 aliphatic carbocycles. The van der Waals surface area contributed by atoms with Crippen molar-refractivity contribution in [1.29, 1.82) is 0 Å². The van der Waals surface area contributed by atoms with E-state index in [9.17, 15) is 24.5 Å². The molecular formula is C19H17N3O5. The molecule has 0 spiro atoms. The highest BCUT2D eigenvalue weighted by Crippen LogP contribution is 2.26. The second-order valence-corrected chi connectivity index (χ2v) is 6.30. The second-order valence-electron chi connectivity index (χ2n) is 6.30. The zero-order valence-electron chi connectivity index (χ0n) is 14.5. The van der Waals surface area contributed by atoms with E-state index >= 15 is 0 Å². The van der Waals surface area contributed by atoms with Crippen molar-refractivity contribution in [3.05, 3.63) is 75.3 Å². The molecular weight excluding hydrogens is 350 g/mol. The summed E-state index contributed by atoms with van der Waals surface area (Å²) in [4.78, 5) is 47.9. The number of nitro groups is 1. The van der Waals surface area contributed by atoms with Crippen LogP contribution in [0.25, 0.3) is 0 Å². The molecule has 1 aliphatic heterocycles. The fourth-order valence-electron chi connectivity index (χ4n) is 2.90. The van der Waals surface area contributed by atoms with Gasteiger partial charge >= 0.3 is 0 Å². The van der Waals surface area contributed by atoms with Crippen molar-refractivity contribution >= 4 is 23.4 Å². The lowest BCUT2D eigenvalue weighted by molar-refractivity contribution is -0.384. The van der Waals surface area contributed by atoms with E-state index in [1.165, 1.54) is 6.07 Å². The van der Waals surface area contributed by atoms with E-state index < -0.39 is 29.2 Å². The van der Waals surface area contributed by atoms with Crippen molar-refractivity contribution < 1.29 is 19.3 Å². The van der Waals surface area contributed by atoms with Crippen LogP contribution in [-0.4, -0.2) is 40.6 Å². The van der Waals surface area contributed by atoms with Gasteiger partial charge in [0.1, 0.15) is 6.54 Å². The molecule has 8 heteroatoms. The molecule has 0 radical (unpaired) electrons. The van der Waals surface area contributed by atoms with Crippen LogP contribution in [0.1, 0.15) is 39.1 Å². The summed E-state index contributed by atoms with van der Waals surface area (Å²) in [6.07, 6.45) is 0. The number of hydrogen-bond donors (Lipinski definition) is 1. The monoisotopic (exact) mass is 367 g/mol. The lowest BCUT2D eigenvalue weighted by atomic mass is 10.0. The maximum Gasteiger partial charge on any atom is 0.270 e. The summed E-state index contributed by atoms with van der Waals surface area (Å²) in [5.74, 6) is -1.73. The molecule has 1 aliphatic rings. The first-order valence-corrected chi connectivity index (χ1v) is 8.34. The van der Waals surface area contributed by atoms with Crippen LogP contribution in [0.4, 0.5) is 5.69 Å². The van der Waals surface area contributed by atoms with Gasteiger partial charge in [-0.1, -0.05) is 37.3 Å². The molecule has 27 heavy (non-hydrogen) atoms. The fourth-order valence-corrected chi connectivity index (χ4v) is 2.90. The first kappa shape index (κ1) is 18.2. The van der Waals surface area contributed by atoms with Gasteiger partial charge in [-0.25, -0.2) is 0 Å². The molecule has 3 rings (SSSR count). The quantitative estimate of drug-likeness (QED) is 0.478. The number of hydrogen-bond acceptors (Lipinski definition) is 5. The van der Waals surface area contributed by atoms with E-state index in [1.54, 1.807) is 0 Å². The fraction of sp³-hybridized carbons (Fsp3) is 0.211. The van der Waals surface area contributed by atoms with Gasteiger partial charge in [0.25, 0.3) is 17.5 Å². The SMILES string of the molecule is C[C@@H](CNC(=O)CN1C(=O)c2ccc([N+](=O)[O-])cc2C1=O)c1ccccc1. The summed E-state index contributed by atoms with van der Waals surface area (Å²) in [5, 5.41) is 13.6. The largest absolute Gasteiger partial charge is 0.354 e. The summed E-state index contributed by atoms with van der Waals surface area (Å²) in [7, 11) is 0. The number of nitrogens with zero attached hydrogens (tertiary/aromatic N) is 2. The van der Waals surface area contributed by atoms with E-state index in [4.69, 9.17) is 0 Å². The smallest absolute Gasteiger partial charge is 0.270 e. The third kappa shape index (κ3) is 3.69. The van der Waals surface area contributed by atoms with Crippen molar-refractivity contribution in [2.45, 2.75) is 12.8 Å². The Hall–Kier alpha value is -3.55. The van der Waals surface area contributed by atoms with Crippen LogP contribution >= 0.6 is 0 Å². The van der Waals surface area contributed by atoms with Crippen molar-refractivity contribution in [3.63, 3.8) is 0 Å². The van der Waals surface area contributed by atoms with E-state index in [2.05, 4.69) is 5.32 Å². The Morgan fingerprint density at radius 2 is 1.78 bits per heavy atom. The van der Waals surface area contributed by atoms with Gasteiger partial charge in [0.15, 0.2) is 0 Å². The van der Waals surface area contributed by atoms with Gasteiger partial charge in [0.05, 0.1) is 16.1 Å². The lowest BCUT2D eigenvalue weighted by Crippen LogP contribution is -2.41. The van der Waals surface area contributed by atoms with Gasteiger partial charge in [-0.2, -0.15) is 0 Å². The predicted octanol–water partition coefficient (Wildman–Crippen LogP) is 2.11. The van der Waals surface area contributed by atoms with Gasteiger partial charge in [-0.05, 0) is 17.5 Å². The normalized spacial score (nSPS) is 14.0.